The van der Waals surface area contributed by atoms with Crippen LogP contribution in [0, 0.1) is 20.8 Å². The molecule has 0 aliphatic carbocycles. The molecule has 1 heterocycles. The van der Waals surface area contributed by atoms with E-state index in [0.29, 0.717) is 0 Å². The zero-order chi connectivity index (χ0) is 13.8. The highest BCUT2D eigenvalue weighted by molar-refractivity contribution is 5.37. The van der Waals surface area contributed by atoms with Crippen LogP contribution >= 0.6 is 0 Å². The van der Waals surface area contributed by atoms with Gasteiger partial charge in [-0.3, -0.25) is 4.98 Å². The molecule has 1 atom stereocenters. The van der Waals surface area contributed by atoms with Gasteiger partial charge in [-0.1, -0.05) is 36.8 Å². The second kappa shape index (κ2) is 5.98. The molecule has 0 saturated carbocycles. The van der Waals surface area contributed by atoms with Crippen molar-refractivity contribution in [3.63, 3.8) is 0 Å². The molecular weight excluding hydrogens is 232 g/mol. The smallest absolute Gasteiger partial charge is 0.0754 e. The van der Waals surface area contributed by atoms with Gasteiger partial charge in [0.15, 0.2) is 0 Å². The summed E-state index contributed by atoms with van der Waals surface area (Å²) in [6.07, 6.45) is 0. The normalized spacial score (nSPS) is 12.4. The molecule has 1 aromatic carbocycles. The van der Waals surface area contributed by atoms with E-state index in [4.69, 9.17) is 0 Å². The lowest BCUT2D eigenvalue weighted by Crippen LogP contribution is -2.24. The van der Waals surface area contributed by atoms with Crippen molar-refractivity contribution in [3.8, 4) is 0 Å². The molecule has 0 spiro atoms. The summed E-state index contributed by atoms with van der Waals surface area (Å²) in [5.41, 5.74) is 6.07. The number of rotatable bonds is 4. The summed E-state index contributed by atoms with van der Waals surface area (Å²) in [4.78, 5) is 4.68. The van der Waals surface area contributed by atoms with Crippen LogP contribution in [0.25, 0.3) is 0 Å². The molecule has 19 heavy (non-hydrogen) atoms. The van der Waals surface area contributed by atoms with Gasteiger partial charge in [0.1, 0.15) is 0 Å². The summed E-state index contributed by atoms with van der Waals surface area (Å²) in [5.74, 6) is 0. The first-order valence-corrected chi connectivity index (χ1v) is 6.86. The molecule has 0 amide bonds. The number of hydrogen-bond acceptors (Lipinski definition) is 2. The summed E-state index contributed by atoms with van der Waals surface area (Å²) >= 11 is 0. The third-order valence-corrected chi connectivity index (χ3v) is 3.36. The highest BCUT2D eigenvalue weighted by Gasteiger charge is 2.16. The first kappa shape index (κ1) is 13.8. The fourth-order valence-corrected chi connectivity index (χ4v) is 2.37. The topological polar surface area (TPSA) is 24.9 Å². The number of aryl methyl sites for hydroxylation is 3. The monoisotopic (exact) mass is 254 g/mol. The first-order chi connectivity index (χ1) is 9.11. The van der Waals surface area contributed by atoms with Gasteiger partial charge in [-0.2, -0.15) is 0 Å². The maximum absolute atomic E-state index is 4.68. The Morgan fingerprint density at radius 1 is 1.11 bits per heavy atom. The van der Waals surface area contributed by atoms with Crippen molar-refractivity contribution in [1.29, 1.82) is 0 Å². The predicted octanol–water partition coefficient (Wildman–Crippen LogP) is 3.71. The van der Waals surface area contributed by atoms with Crippen LogP contribution in [-0.4, -0.2) is 11.5 Å². The third-order valence-electron chi connectivity index (χ3n) is 3.36. The summed E-state index contributed by atoms with van der Waals surface area (Å²) in [6.45, 7) is 9.39. The van der Waals surface area contributed by atoms with Crippen LogP contribution in [0.1, 0.15) is 41.0 Å². The molecule has 2 rings (SSSR count). The van der Waals surface area contributed by atoms with Gasteiger partial charge >= 0.3 is 0 Å². The lowest BCUT2D eigenvalue weighted by atomic mass is 9.96. The van der Waals surface area contributed by atoms with Gasteiger partial charge in [0, 0.05) is 5.69 Å². The summed E-state index contributed by atoms with van der Waals surface area (Å²) < 4.78 is 0. The number of aromatic nitrogens is 1. The van der Waals surface area contributed by atoms with Crippen molar-refractivity contribution >= 4 is 0 Å². The fraction of sp³-hybridized carbons (Fsp3) is 0.353. The number of pyridine rings is 1. The zero-order valence-corrected chi connectivity index (χ0v) is 12.2. The Balaban J connectivity index is 2.48. The van der Waals surface area contributed by atoms with Crippen LogP contribution in [0.5, 0.6) is 0 Å². The van der Waals surface area contributed by atoms with E-state index in [-0.39, 0.29) is 6.04 Å². The van der Waals surface area contributed by atoms with Crippen molar-refractivity contribution in [3.05, 3.63) is 64.5 Å². The number of nitrogens with one attached hydrogen (secondary N) is 1. The van der Waals surface area contributed by atoms with Crippen molar-refractivity contribution in [2.75, 3.05) is 6.54 Å². The van der Waals surface area contributed by atoms with Gasteiger partial charge in [0.05, 0.1) is 11.7 Å². The maximum Gasteiger partial charge on any atom is 0.0754 e. The standard InChI is InChI=1S/C17H22N2/c1-5-18-17(16-8-6-7-14(4)19-16)15-11-12(2)9-10-13(15)3/h6-11,17-18H,5H2,1-4H3. The molecule has 1 N–H and O–H groups in total. The van der Waals surface area contributed by atoms with Crippen molar-refractivity contribution in [1.82, 2.24) is 10.3 Å². The average molecular weight is 254 g/mol. The van der Waals surface area contributed by atoms with Crippen LogP contribution < -0.4 is 5.32 Å². The molecule has 100 valence electrons. The Morgan fingerprint density at radius 3 is 2.58 bits per heavy atom. The van der Waals surface area contributed by atoms with E-state index >= 15 is 0 Å². The Hall–Kier alpha value is -1.67. The summed E-state index contributed by atoms with van der Waals surface area (Å²) in [6, 6.07) is 13.0. The van der Waals surface area contributed by atoms with E-state index < -0.39 is 0 Å². The zero-order valence-electron chi connectivity index (χ0n) is 12.2. The SMILES string of the molecule is CCNC(c1cccc(C)n1)c1cc(C)ccc1C. The van der Waals surface area contributed by atoms with Crippen molar-refractivity contribution in [2.45, 2.75) is 33.7 Å². The van der Waals surface area contributed by atoms with Gasteiger partial charge in [0.2, 0.25) is 0 Å². The number of hydrogen-bond donors (Lipinski definition) is 1. The minimum Gasteiger partial charge on any atom is -0.305 e. The summed E-state index contributed by atoms with van der Waals surface area (Å²) in [5, 5.41) is 3.55. The highest BCUT2D eigenvalue weighted by atomic mass is 14.9. The largest absolute Gasteiger partial charge is 0.305 e. The quantitative estimate of drug-likeness (QED) is 0.899. The first-order valence-electron chi connectivity index (χ1n) is 6.86. The molecule has 2 heteroatoms. The maximum atomic E-state index is 4.68. The molecule has 0 fully saturated rings. The van der Waals surface area contributed by atoms with Crippen LogP contribution in [0.15, 0.2) is 36.4 Å². The fourth-order valence-electron chi connectivity index (χ4n) is 2.37. The molecule has 0 saturated heterocycles. The van der Waals surface area contributed by atoms with Gasteiger partial charge in [-0.15, -0.1) is 0 Å². The van der Waals surface area contributed by atoms with Gasteiger partial charge in [-0.25, -0.2) is 0 Å². The van der Waals surface area contributed by atoms with Gasteiger partial charge in [-0.05, 0) is 50.6 Å². The number of nitrogens with zero attached hydrogens (tertiary/aromatic N) is 1. The minimum atomic E-state index is 0.171. The van der Waals surface area contributed by atoms with Crippen molar-refractivity contribution < 1.29 is 0 Å². The van der Waals surface area contributed by atoms with E-state index in [0.717, 1.165) is 17.9 Å². The lowest BCUT2D eigenvalue weighted by Gasteiger charge is -2.21. The Morgan fingerprint density at radius 2 is 1.89 bits per heavy atom. The number of benzene rings is 1. The highest BCUT2D eigenvalue weighted by Crippen LogP contribution is 2.24. The molecule has 0 radical (unpaired) electrons. The molecule has 1 unspecified atom stereocenters. The second-order valence-electron chi connectivity index (χ2n) is 5.05. The molecule has 1 aromatic heterocycles. The second-order valence-corrected chi connectivity index (χ2v) is 5.05. The Bertz CT molecular complexity index is 561. The molecule has 2 aromatic rings. The lowest BCUT2D eigenvalue weighted by molar-refractivity contribution is 0.611. The van der Waals surface area contributed by atoms with E-state index in [2.05, 4.69) is 61.4 Å². The molecule has 2 nitrogen and oxygen atoms in total. The van der Waals surface area contributed by atoms with Crippen LogP contribution in [0.3, 0.4) is 0 Å². The van der Waals surface area contributed by atoms with Crippen molar-refractivity contribution in [2.24, 2.45) is 0 Å². The molecular formula is C17H22N2. The average Bonchev–Trinajstić information content (AvgIpc) is 2.39. The summed E-state index contributed by atoms with van der Waals surface area (Å²) in [7, 11) is 0. The van der Waals surface area contributed by atoms with E-state index in [9.17, 15) is 0 Å². The van der Waals surface area contributed by atoms with Gasteiger partial charge < -0.3 is 5.32 Å². The van der Waals surface area contributed by atoms with Gasteiger partial charge in [0.25, 0.3) is 0 Å². The van der Waals surface area contributed by atoms with Crippen LogP contribution in [0.4, 0.5) is 0 Å². The van der Waals surface area contributed by atoms with E-state index in [1.165, 1.54) is 16.7 Å². The molecule has 0 aliphatic rings. The van der Waals surface area contributed by atoms with E-state index in [1.54, 1.807) is 0 Å². The third kappa shape index (κ3) is 3.21. The Kier molecular flexibility index (Phi) is 4.33. The van der Waals surface area contributed by atoms with Crippen LogP contribution in [0.2, 0.25) is 0 Å². The molecule has 0 aliphatic heterocycles. The minimum absolute atomic E-state index is 0.171. The van der Waals surface area contributed by atoms with Crippen LogP contribution in [-0.2, 0) is 0 Å². The Labute approximate surface area is 115 Å². The molecule has 0 bridgehead atoms. The van der Waals surface area contributed by atoms with E-state index in [1.807, 2.05) is 13.0 Å². The predicted molar refractivity (Wildman–Crippen MR) is 80.4 cm³/mol.